The van der Waals surface area contributed by atoms with Crippen LogP contribution in [0.2, 0.25) is 0 Å². The molecule has 0 bridgehead atoms. The Morgan fingerprint density at radius 1 is 1.29 bits per heavy atom. The lowest BCUT2D eigenvalue weighted by Crippen LogP contribution is -2.13. The maximum Gasteiger partial charge on any atom is 0.133 e. The second kappa shape index (κ2) is 8.31. The third kappa shape index (κ3) is 4.92. The maximum atomic E-state index is 5.72. The van der Waals surface area contributed by atoms with Gasteiger partial charge in [0.25, 0.3) is 0 Å². The average molecular weight is 239 g/mol. The Balaban J connectivity index is 2.33. The minimum Gasteiger partial charge on any atom is -0.467 e. The second-order valence-corrected chi connectivity index (χ2v) is 4.35. The maximum absolute atomic E-state index is 5.72. The van der Waals surface area contributed by atoms with E-state index in [0.717, 1.165) is 25.5 Å². The van der Waals surface area contributed by atoms with Crippen LogP contribution in [0.25, 0.3) is 0 Å². The van der Waals surface area contributed by atoms with E-state index in [2.05, 4.69) is 26.1 Å². The minimum absolute atomic E-state index is 0.588. The van der Waals surface area contributed by atoms with Gasteiger partial charge in [0.1, 0.15) is 12.4 Å². The number of hydrogen-bond acceptors (Lipinski definition) is 3. The van der Waals surface area contributed by atoms with Gasteiger partial charge in [-0.25, -0.2) is 0 Å². The van der Waals surface area contributed by atoms with Crippen molar-refractivity contribution in [1.82, 2.24) is 5.32 Å². The summed E-state index contributed by atoms with van der Waals surface area (Å²) in [6.07, 6.45) is 4.10. The highest BCUT2D eigenvalue weighted by Crippen LogP contribution is 2.14. The number of rotatable bonds is 9. The predicted molar refractivity (Wildman–Crippen MR) is 69.8 cm³/mol. The lowest BCUT2D eigenvalue weighted by atomic mass is 10.1. The molecular weight excluding hydrogens is 214 g/mol. The van der Waals surface area contributed by atoms with Gasteiger partial charge < -0.3 is 14.5 Å². The molecule has 1 N–H and O–H groups in total. The van der Waals surface area contributed by atoms with Crippen LogP contribution >= 0.6 is 0 Å². The molecule has 0 fully saturated rings. The highest BCUT2D eigenvalue weighted by atomic mass is 16.5. The fourth-order valence-corrected chi connectivity index (χ4v) is 1.75. The Morgan fingerprint density at radius 2 is 2.06 bits per heavy atom. The summed E-state index contributed by atoms with van der Waals surface area (Å²) in [5.41, 5.74) is 1.20. The van der Waals surface area contributed by atoms with Gasteiger partial charge in [0, 0.05) is 18.7 Å². The molecule has 1 aromatic rings. The first-order valence-electron chi connectivity index (χ1n) is 6.65. The zero-order valence-electron chi connectivity index (χ0n) is 11.3. The molecule has 1 aromatic heterocycles. The summed E-state index contributed by atoms with van der Waals surface area (Å²) in [5.74, 6) is 1.62. The van der Waals surface area contributed by atoms with E-state index < -0.39 is 0 Å². The normalized spacial score (nSPS) is 11.3. The van der Waals surface area contributed by atoms with Gasteiger partial charge >= 0.3 is 0 Å². The predicted octanol–water partition coefficient (Wildman–Crippen LogP) is 3.34. The van der Waals surface area contributed by atoms with Crippen LogP contribution in [-0.4, -0.2) is 13.2 Å². The smallest absolute Gasteiger partial charge is 0.133 e. The lowest BCUT2D eigenvalue weighted by Gasteiger charge is -2.12. The van der Waals surface area contributed by atoms with E-state index >= 15 is 0 Å². The molecule has 17 heavy (non-hydrogen) atoms. The SMILES string of the molecule is CCNCc1ccoc1COCC(CC)CC. The molecule has 0 aromatic carbocycles. The summed E-state index contributed by atoms with van der Waals surface area (Å²) in [6, 6.07) is 2.01. The molecule has 0 saturated heterocycles. The molecule has 1 rings (SSSR count). The first kappa shape index (κ1) is 14.3. The average Bonchev–Trinajstić information content (AvgIpc) is 2.79. The van der Waals surface area contributed by atoms with E-state index in [0.29, 0.717) is 12.5 Å². The van der Waals surface area contributed by atoms with Crippen LogP contribution < -0.4 is 5.32 Å². The van der Waals surface area contributed by atoms with Crippen LogP contribution in [-0.2, 0) is 17.9 Å². The monoisotopic (exact) mass is 239 g/mol. The van der Waals surface area contributed by atoms with Gasteiger partial charge in [-0.2, -0.15) is 0 Å². The van der Waals surface area contributed by atoms with Gasteiger partial charge in [-0.3, -0.25) is 0 Å². The highest BCUT2D eigenvalue weighted by molar-refractivity contribution is 5.15. The van der Waals surface area contributed by atoms with Crippen LogP contribution in [0.4, 0.5) is 0 Å². The minimum atomic E-state index is 0.588. The van der Waals surface area contributed by atoms with Gasteiger partial charge in [-0.15, -0.1) is 0 Å². The molecule has 3 nitrogen and oxygen atoms in total. The summed E-state index contributed by atoms with van der Waals surface area (Å²) >= 11 is 0. The molecule has 3 heteroatoms. The van der Waals surface area contributed by atoms with Crippen LogP contribution in [0, 0.1) is 5.92 Å². The van der Waals surface area contributed by atoms with Crippen molar-refractivity contribution in [3.8, 4) is 0 Å². The Morgan fingerprint density at radius 3 is 2.71 bits per heavy atom. The topological polar surface area (TPSA) is 34.4 Å². The first-order chi connectivity index (χ1) is 8.31. The fraction of sp³-hybridized carbons (Fsp3) is 0.714. The molecule has 0 atom stereocenters. The molecule has 98 valence electrons. The summed E-state index contributed by atoms with van der Waals surface area (Å²) in [7, 11) is 0. The van der Waals surface area contributed by atoms with Crippen molar-refractivity contribution < 1.29 is 9.15 Å². The van der Waals surface area contributed by atoms with E-state index in [-0.39, 0.29) is 0 Å². The zero-order valence-corrected chi connectivity index (χ0v) is 11.3. The Bertz CT molecular complexity index is 292. The number of ether oxygens (including phenoxy) is 1. The van der Waals surface area contributed by atoms with Crippen LogP contribution in [0.15, 0.2) is 16.7 Å². The van der Waals surface area contributed by atoms with Crippen molar-refractivity contribution in [2.75, 3.05) is 13.2 Å². The third-order valence-electron chi connectivity index (χ3n) is 3.14. The first-order valence-corrected chi connectivity index (χ1v) is 6.65. The molecule has 0 radical (unpaired) electrons. The van der Waals surface area contributed by atoms with Crippen molar-refractivity contribution in [1.29, 1.82) is 0 Å². The Labute approximate surface area is 105 Å². The molecule has 0 aliphatic carbocycles. The summed E-state index contributed by atoms with van der Waals surface area (Å²) in [5, 5.41) is 3.30. The molecule has 0 aliphatic rings. The third-order valence-corrected chi connectivity index (χ3v) is 3.14. The van der Waals surface area contributed by atoms with Crippen molar-refractivity contribution in [2.24, 2.45) is 5.92 Å². The molecule has 1 heterocycles. The molecular formula is C14H25NO2. The van der Waals surface area contributed by atoms with Crippen molar-refractivity contribution in [2.45, 2.75) is 46.8 Å². The Hall–Kier alpha value is -0.800. The van der Waals surface area contributed by atoms with E-state index in [1.165, 1.54) is 18.4 Å². The summed E-state index contributed by atoms with van der Waals surface area (Å²) in [4.78, 5) is 0. The van der Waals surface area contributed by atoms with Gasteiger partial charge in [-0.1, -0.05) is 33.6 Å². The van der Waals surface area contributed by atoms with Crippen molar-refractivity contribution >= 4 is 0 Å². The van der Waals surface area contributed by atoms with Gasteiger partial charge in [-0.05, 0) is 18.5 Å². The lowest BCUT2D eigenvalue weighted by molar-refractivity contribution is 0.0724. The van der Waals surface area contributed by atoms with E-state index in [9.17, 15) is 0 Å². The number of furan rings is 1. The number of hydrogen-bond donors (Lipinski definition) is 1. The largest absolute Gasteiger partial charge is 0.467 e. The van der Waals surface area contributed by atoms with Crippen LogP contribution in [0.3, 0.4) is 0 Å². The molecule has 0 aliphatic heterocycles. The highest BCUT2D eigenvalue weighted by Gasteiger charge is 2.08. The standard InChI is InChI=1S/C14H25NO2/c1-4-12(5-2)10-16-11-14-13(7-8-17-14)9-15-6-3/h7-8,12,15H,4-6,9-11H2,1-3H3. The molecule has 0 amide bonds. The second-order valence-electron chi connectivity index (χ2n) is 4.35. The molecule has 0 saturated carbocycles. The van der Waals surface area contributed by atoms with Crippen LogP contribution in [0.1, 0.15) is 44.9 Å². The van der Waals surface area contributed by atoms with E-state index in [1.54, 1.807) is 6.26 Å². The Kier molecular flexibility index (Phi) is 6.97. The fourth-order valence-electron chi connectivity index (χ4n) is 1.75. The summed E-state index contributed by atoms with van der Waals surface area (Å²) < 4.78 is 11.2. The van der Waals surface area contributed by atoms with E-state index in [4.69, 9.17) is 9.15 Å². The summed E-state index contributed by atoms with van der Waals surface area (Å²) in [6.45, 7) is 9.76. The van der Waals surface area contributed by atoms with Gasteiger partial charge in [0.2, 0.25) is 0 Å². The van der Waals surface area contributed by atoms with Gasteiger partial charge in [0.15, 0.2) is 0 Å². The molecule has 0 unspecified atom stereocenters. The van der Waals surface area contributed by atoms with E-state index in [1.807, 2.05) is 6.07 Å². The molecule has 0 spiro atoms. The van der Waals surface area contributed by atoms with Crippen molar-refractivity contribution in [3.63, 3.8) is 0 Å². The quantitative estimate of drug-likeness (QED) is 0.717. The van der Waals surface area contributed by atoms with Crippen molar-refractivity contribution in [3.05, 3.63) is 23.7 Å². The zero-order chi connectivity index (χ0) is 12.5. The number of nitrogens with one attached hydrogen (secondary N) is 1. The van der Waals surface area contributed by atoms with Gasteiger partial charge in [0.05, 0.1) is 6.26 Å². The van der Waals surface area contributed by atoms with Crippen LogP contribution in [0.5, 0.6) is 0 Å².